The van der Waals surface area contributed by atoms with Gasteiger partial charge in [0.15, 0.2) is 5.79 Å². The summed E-state index contributed by atoms with van der Waals surface area (Å²) < 4.78 is 22.7. The molecule has 0 N–H and O–H groups in total. The Morgan fingerprint density at radius 3 is 2.37 bits per heavy atom. The zero-order valence-corrected chi connectivity index (χ0v) is 11.5. The van der Waals surface area contributed by atoms with Crippen molar-refractivity contribution >= 4 is 0 Å². The second-order valence-electron chi connectivity index (χ2n) is 5.36. The lowest BCUT2D eigenvalue weighted by Crippen LogP contribution is -2.41. The van der Waals surface area contributed by atoms with E-state index in [1.54, 1.807) is 0 Å². The van der Waals surface area contributed by atoms with Gasteiger partial charge in [-0.2, -0.15) is 0 Å². The first-order valence-corrected chi connectivity index (χ1v) is 7.20. The molecular weight excluding hydrogens is 244 g/mol. The molecule has 0 bridgehead atoms. The maximum atomic E-state index is 6.12. The summed E-state index contributed by atoms with van der Waals surface area (Å²) in [4.78, 5) is 0. The molecule has 1 aliphatic carbocycles. The van der Waals surface area contributed by atoms with Gasteiger partial charge in [0.1, 0.15) is 12.2 Å². The molecule has 106 valence electrons. The molecule has 2 aliphatic heterocycles. The quantitative estimate of drug-likeness (QED) is 0.499. The Morgan fingerprint density at radius 2 is 1.84 bits per heavy atom. The molecule has 4 heteroatoms. The molecule has 0 aromatic rings. The first-order chi connectivity index (χ1) is 9.32. The molecule has 2 saturated heterocycles. The Bertz CT molecular complexity index is 350. The minimum Gasteiger partial charge on any atom is -0.371 e. The fourth-order valence-electron chi connectivity index (χ4n) is 2.34. The van der Waals surface area contributed by atoms with E-state index in [1.807, 2.05) is 0 Å². The van der Waals surface area contributed by atoms with Gasteiger partial charge >= 0.3 is 0 Å². The van der Waals surface area contributed by atoms with Crippen LogP contribution >= 0.6 is 0 Å². The van der Waals surface area contributed by atoms with Crippen molar-refractivity contribution in [1.29, 1.82) is 0 Å². The lowest BCUT2D eigenvalue weighted by molar-refractivity contribution is -0.215. The predicted molar refractivity (Wildman–Crippen MR) is 70.9 cm³/mol. The number of allylic oxidation sites excluding steroid dienone is 2. The summed E-state index contributed by atoms with van der Waals surface area (Å²) in [6, 6.07) is 0. The lowest BCUT2D eigenvalue weighted by atomic mass is 9.93. The molecule has 3 aliphatic rings. The summed E-state index contributed by atoms with van der Waals surface area (Å²) in [5.74, 6) is -0.595. The van der Waals surface area contributed by atoms with Gasteiger partial charge in [0.25, 0.3) is 0 Å². The molecule has 0 radical (unpaired) electrons. The van der Waals surface area contributed by atoms with Crippen LogP contribution in [0.4, 0.5) is 0 Å². The van der Waals surface area contributed by atoms with Crippen LogP contribution in [0.15, 0.2) is 23.8 Å². The topological polar surface area (TPSA) is 43.5 Å². The SMILES string of the molecule is CCCC1=CC=CCC1(OCC1CO1)OCC1CO1. The maximum absolute atomic E-state index is 6.12. The van der Waals surface area contributed by atoms with E-state index in [9.17, 15) is 0 Å². The van der Waals surface area contributed by atoms with Crippen LogP contribution in [-0.4, -0.2) is 44.4 Å². The molecular formula is C15H22O4. The van der Waals surface area contributed by atoms with Crippen LogP contribution in [0.3, 0.4) is 0 Å². The summed E-state index contributed by atoms with van der Waals surface area (Å²) >= 11 is 0. The van der Waals surface area contributed by atoms with Crippen LogP contribution in [0, 0.1) is 0 Å². The fraction of sp³-hybridized carbons (Fsp3) is 0.733. The van der Waals surface area contributed by atoms with E-state index in [0.717, 1.165) is 32.5 Å². The van der Waals surface area contributed by atoms with E-state index < -0.39 is 5.79 Å². The zero-order chi connectivity index (χ0) is 13.1. The monoisotopic (exact) mass is 266 g/mol. The average molecular weight is 266 g/mol. The highest BCUT2D eigenvalue weighted by Gasteiger charge is 2.40. The number of rotatable bonds is 8. The van der Waals surface area contributed by atoms with Crippen molar-refractivity contribution in [1.82, 2.24) is 0 Å². The van der Waals surface area contributed by atoms with E-state index in [-0.39, 0.29) is 12.2 Å². The second kappa shape index (κ2) is 5.75. The first kappa shape index (κ1) is 13.3. The van der Waals surface area contributed by atoms with Gasteiger partial charge in [0.05, 0.1) is 26.4 Å². The van der Waals surface area contributed by atoms with Gasteiger partial charge in [-0.3, -0.25) is 0 Å². The summed E-state index contributed by atoms with van der Waals surface area (Å²) in [6.07, 6.45) is 9.72. The van der Waals surface area contributed by atoms with Crippen molar-refractivity contribution in [3.05, 3.63) is 23.8 Å². The van der Waals surface area contributed by atoms with Gasteiger partial charge in [-0.15, -0.1) is 0 Å². The standard InChI is InChI=1S/C15H22O4/c1-2-5-12-6-3-4-7-15(12,18-10-13-8-16-13)19-11-14-9-17-14/h3-4,6,13-14H,2,5,7-11H2,1H3. The molecule has 0 amide bonds. The van der Waals surface area contributed by atoms with Crippen molar-refractivity contribution < 1.29 is 18.9 Å². The number of hydrogen-bond acceptors (Lipinski definition) is 4. The average Bonchev–Trinajstić information content (AvgIpc) is 3.29. The molecule has 19 heavy (non-hydrogen) atoms. The molecule has 0 saturated carbocycles. The van der Waals surface area contributed by atoms with Gasteiger partial charge in [-0.1, -0.05) is 31.6 Å². The van der Waals surface area contributed by atoms with Crippen molar-refractivity contribution in [2.24, 2.45) is 0 Å². The van der Waals surface area contributed by atoms with Crippen LogP contribution < -0.4 is 0 Å². The fourth-order valence-corrected chi connectivity index (χ4v) is 2.34. The summed E-state index contributed by atoms with van der Waals surface area (Å²) in [6.45, 7) is 5.02. The molecule has 3 rings (SSSR count). The van der Waals surface area contributed by atoms with Gasteiger partial charge in [0.2, 0.25) is 0 Å². The van der Waals surface area contributed by atoms with E-state index in [4.69, 9.17) is 18.9 Å². The molecule has 0 aromatic heterocycles. The van der Waals surface area contributed by atoms with Gasteiger partial charge in [0, 0.05) is 6.42 Å². The minimum absolute atomic E-state index is 0.256. The molecule has 2 heterocycles. The van der Waals surface area contributed by atoms with E-state index in [2.05, 4.69) is 25.2 Å². The smallest absolute Gasteiger partial charge is 0.194 e. The Balaban J connectivity index is 1.67. The highest BCUT2D eigenvalue weighted by atomic mass is 16.7. The highest BCUT2D eigenvalue weighted by Crippen LogP contribution is 2.35. The maximum Gasteiger partial charge on any atom is 0.194 e. The Morgan fingerprint density at radius 1 is 1.21 bits per heavy atom. The van der Waals surface area contributed by atoms with E-state index in [0.29, 0.717) is 13.2 Å². The van der Waals surface area contributed by atoms with Gasteiger partial charge in [-0.05, 0) is 12.0 Å². The van der Waals surface area contributed by atoms with Crippen molar-refractivity contribution in [3.8, 4) is 0 Å². The molecule has 2 unspecified atom stereocenters. The second-order valence-corrected chi connectivity index (χ2v) is 5.36. The van der Waals surface area contributed by atoms with Crippen molar-refractivity contribution in [2.75, 3.05) is 26.4 Å². The first-order valence-electron chi connectivity index (χ1n) is 7.20. The van der Waals surface area contributed by atoms with Crippen LogP contribution in [-0.2, 0) is 18.9 Å². The van der Waals surface area contributed by atoms with Crippen LogP contribution in [0.25, 0.3) is 0 Å². The summed E-state index contributed by atoms with van der Waals surface area (Å²) in [5.41, 5.74) is 1.24. The lowest BCUT2D eigenvalue weighted by Gasteiger charge is -2.36. The summed E-state index contributed by atoms with van der Waals surface area (Å²) in [5, 5.41) is 0. The largest absolute Gasteiger partial charge is 0.371 e. The Hall–Kier alpha value is -0.680. The molecule has 2 fully saturated rings. The predicted octanol–water partition coefficient (Wildman–Crippen LogP) is 2.20. The summed E-state index contributed by atoms with van der Waals surface area (Å²) in [7, 11) is 0. The zero-order valence-electron chi connectivity index (χ0n) is 11.5. The molecule has 2 atom stereocenters. The molecule has 4 nitrogen and oxygen atoms in total. The van der Waals surface area contributed by atoms with Crippen molar-refractivity contribution in [2.45, 2.75) is 44.2 Å². The van der Waals surface area contributed by atoms with E-state index >= 15 is 0 Å². The number of epoxide rings is 2. The third kappa shape index (κ3) is 3.45. The highest BCUT2D eigenvalue weighted by molar-refractivity contribution is 5.26. The Kier molecular flexibility index (Phi) is 4.03. The molecule has 0 spiro atoms. The number of ether oxygens (including phenoxy) is 4. The van der Waals surface area contributed by atoms with Crippen LogP contribution in [0.2, 0.25) is 0 Å². The van der Waals surface area contributed by atoms with Crippen LogP contribution in [0.5, 0.6) is 0 Å². The third-order valence-corrected chi connectivity index (χ3v) is 3.64. The van der Waals surface area contributed by atoms with E-state index in [1.165, 1.54) is 5.57 Å². The third-order valence-electron chi connectivity index (χ3n) is 3.64. The van der Waals surface area contributed by atoms with Crippen LogP contribution in [0.1, 0.15) is 26.2 Å². The molecule has 0 aromatic carbocycles. The minimum atomic E-state index is -0.595. The number of hydrogen-bond donors (Lipinski definition) is 0. The Labute approximate surface area is 114 Å². The van der Waals surface area contributed by atoms with Gasteiger partial charge < -0.3 is 18.9 Å². The van der Waals surface area contributed by atoms with Crippen molar-refractivity contribution in [3.63, 3.8) is 0 Å². The normalized spacial score (nSPS) is 36.2. The van der Waals surface area contributed by atoms with Gasteiger partial charge in [-0.25, -0.2) is 0 Å².